The number of methoxy groups -OCH3 is 1. The maximum Gasteiger partial charge on any atom is 0.270 e. The lowest BCUT2D eigenvalue weighted by atomic mass is 10.2. The van der Waals surface area contributed by atoms with E-state index in [1.807, 2.05) is 6.07 Å². The Morgan fingerprint density at radius 2 is 2.22 bits per heavy atom. The highest BCUT2D eigenvalue weighted by atomic mass is 32.1. The SMILES string of the molecule is COc1ccc2nc(NC(=O)CO/N=C/c3cccc([N+](=O)[O-])c3)sc2c1. The van der Waals surface area contributed by atoms with Gasteiger partial charge in [-0.2, -0.15) is 0 Å². The number of thiazole rings is 1. The van der Waals surface area contributed by atoms with Crippen LogP contribution >= 0.6 is 11.3 Å². The zero-order chi connectivity index (χ0) is 19.2. The van der Waals surface area contributed by atoms with Crippen molar-refractivity contribution in [1.29, 1.82) is 0 Å². The first-order valence-electron chi connectivity index (χ1n) is 7.69. The van der Waals surface area contributed by atoms with Crippen LogP contribution in [0.5, 0.6) is 5.75 Å². The first kappa shape index (κ1) is 18.3. The summed E-state index contributed by atoms with van der Waals surface area (Å²) in [6, 6.07) is 11.3. The number of benzene rings is 2. The number of carbonyl (C=O) groups is 1. The lowest BCUT2D eigenvalue weighted by molar-refractivity contribution is -0.384. The van der Waals surface area contributed by atoms with E-state index in [4.69, 9.17) is 9.57 Å². The van der Waals surface area contributed by atoms with Gasteiger partial charge in [0.05, 0.1) is 28.5 Å². The third-order valence-corrected chi connectivity index (χ3v) is 4.33. The molecule has 138 valence electrons. The topological polar surface area (TPSA) is 116 Å². The Kier molecular flexibility index (Phi) is 5.57. The van der Waals surface area contributed by atoms with Gasteiger partial charge in [0.1, 0.15) is 5.75 Å². The average Bonchev–Trinajstić information content (AvgIpc) is 3.06. The number of nitrogens with one attached hydrogen (secondary N) is 1. The van der Waals surface area contributed by atoms with Crippen LogP contribution in [0.1, 0.15) is 5.56 Å². The van der Waals surface area contributed by atoms with Crippen LogP contribution in [-0.4, -0.2) is 35.7 Å². The minimum absolute atomic E-state index is 0.0517. The van der Waals surface area contributed by atoms with Crippen LogP contribution < -0.4 is 10.1 Å². The van der Waals surface area contributed by atoms with Crippen LogP contribution in [0, 0.1) is 10.1 Å². The maximum atomic E-state index is 11.9. The van der Waals surface area contributed by atoms with Gasteiger partial charge in [-0.05, 0) is 18.2 Å². The monoisotopic (exact) mass is 386 g/mol. The zero-order valence-corrected chi connectivity index (χ0v) is 14.9. The molecular weight excluding hydrogens is 372 g/mol. The predicted octanol–water partition coefficient (Wildman–Crippen LogP) is 3.20. The molecule has 0 radical (unpaired) electrons. The number of aromatic nitrogens is 1. The van der Waals surface area contributed by atoms with E-state index in [0.29, 0.717) is 16.4 Å². The summed E-state index contributed by atoms with van der Waals surface area (Å²) < 4.78 is 6.04. The van der Waals surface area contributed by atoms with Crippen molar-refractivity contribution in [1.82, 2.24) is 4.98 Å². The van der Waals surface area contributed by atoms with Crippen LogP contribution in [0.25, 0.3) is 10.2 Å². The van der Waals surface area contributed by atoms with Gasteiger partial charge in [-0.3, -0.25) is 20.2 Å². The average molecular weight is 386 g/mol. The Morgan fingerprint density at radius 1 is 1.37 bits per heavy atom. The largest absolute Gasteiger partial charge is 0.497 e. The summed E-state index contributed by atoms with van der Waals surface area (Å²) in [4.78, 5) is 31.4. The van der Waals surface area contributed by atoms with Gasteiger partial charge in [-0.25, -0.2) is 4.98 Å². The fourth-order valence-electron chi connectivity index (χ4n) is 2.15. The summed E-state index contributed by atoms with van der Waals surface area (Å²) in [7, 11) is 1.58. The fraction of sp³-hybridized carbons (Fsp3) is 0.118. The number of non-ortho nitro benzene ring substituents is 1. The third kappa shape index (κ3) is 4.76. The second kappa shape index (κ2) is 8.23. The van der Waals surface area contributed by atoms with Crippen molar-refractivity contribution in [2.45, 2.75) is 0 Å². The molecular formula is C17H14N4O5S. The molecule has 0 fully saturated rings. The lowest BCUT2D eigenvalue weighted by Gasteiger charge is -1.99. The number of ether oxygens (including phenoxy) is 1. The number of hydrogen-bond donors (Lipinski definition) is 1. The summed E-state index contributed by atoms with van der Waals surface area (Å²) in [6.07, 6.45) is 1.30. The standard InChI is InChI=1S/C17H14N4O5S/c1-25-13-5-6-14-15(8-13)27-17(19-14)20-16(22)10-26-18-9-11-3-2-4-12(7-11)21(23)24/h2-9H,10H2,1H3,(H,19,20,22)/b18-9+. The molecule has 0 unspecified atom stereocenters. The second-order valence-corrected chi connectivity index (χ2v) is 6.29. The summed E-state index contributed by atoms with van der Waals surface area (Å²) in [6.45, 7) is -0.315. The molecule has 27 heavy (non-hydrogen) atoms. The van der Waals surface area contributed by atoms with Crippen molar-refractivity contribution in [2.75, 3.05) is 19.0 Å². The van der Waals surface area contributed by atoms with Crippen molar-refractivity contribution >= 4 is 44.5 Å². The van der Waals surface area contributed by atoms with Crippen molar-refractivity contribution in [3.63, 3.8) is 0 Å². The van der Waals surface area contributed by atoms with E-state index in [1.54, 1.807) is 25.3 Å². The molecule has 1 amide bonds. The lowest BCUT2D eigenvalue weighted by Crippen LogP contribution is -2.16. The van der Waals surface area contributed by atoms with Crippen LogP contribution in [0.15, 0.2) is 47.6 Å². The highest BCUT2D eigenvalue weighted by Crippen LogP contribution is 2.29. The van der Waals surface area contributed by atoms with Gasteiger partial charge in [0.2, 0.25) is 0 Å². The van der Waals surface area contributed by atoms with Crippen molar-refractivity contribution in [2.24, 2.45) is 5.16 Å². The van der Waals surface area contributed by atoms with Gasteiger partial charge >= 0.3 is 0 Å². The molecule has 3 rings (SSSR count). The molecule has 0 spiro atoms. The second-order valence-electron chi connectivity index (χ2n) is 5.26. The van der Waals surface area contributed by atoms with Crippen molar-refractivity contribution in [3.05, 3.63) is 58.1 Å². The Morgan fingerprint density at radius 3 is 3.00 bits per heavy atom. The smallest absolute Gasteiger partial charge is 0.270 e. The number of amides is 1. The number of rotatable bonds is 7. The van der Waals surface area contributed by atoms with E-state index in [9.17, 15) is 14.9 Å². The van der Waals surface area contributed by atoms with Crippen LogP contribution in [0.4, 0.5) is 10.8 Å². The number of oxime groups is 1. The zero-order valence-electron chi connectivity index (χ0n) is 14.1. The van der Waals surface area contributed by atoms with Gasteiger partial charge < -0.3 is 9.57 Å². The van der Waals surface area contributed by atoms with Gasteiger partial charge in [-0.15, -0.1) is 0 Å². The van der Waals surface area contributed by atoms with Crippen LogP contribution in [0.2, 0.25) is 0 Å². The molecule has 0 aliphatic rings. The maximum absolute atomic E-state index is 11.9. The van der Waals surface area contributed by atoms with E-state index < -0.39 is 10.8 Å². The van der Waals surface area contributed by atoms with Crippen molar-refractivity contribution < 1.29 is 19.3 Å². The first-order chi connectivity index (χ1) is 13.0. The molecule has 0 aliphatic carbocycles. The summed E-state index contributed by atoms with van der Waals surface area (Å²) in [5.41, 5.74) is 1.19. The summed E-state index contributed by atoms with van der Waals surface area (Å²) >= 11 is 1.31. The molecule has 0 saturated carbocycles. The quantitative estimate of drug-likeness (QED) is 0.379. The highest BCUT2D eigenvalue weighted by molar-refractivity contribution is 7.22. The minimum Gasteiger partial charge on any atom is -0.497 e. The first-order valence-corrected chi connectivity index (χ1v) is 8.51. The Bertz CT molecular complexity index is 1020. The number of nitro benzene ring substituents is 1. The van der Waals surface area contributed by atoms with Gasteiger partial charge in [0.25, 0.3) is 11.6 Å². The Labute approximate surface area is 157 Å². The number of nitro groups is 1. The van der Waals surface area contributed by atoms with E-state index in [1.165, 1.54) is 35.8 Å². The molecule has 10 heteroatoms. The van der Waals surface area contributed by atoms with Crippen LogP contribution in [-0.2, 0) is 9.63 Å². The number of carbonyl (C=O) groups excluding carboxylic acids is 1. The molecule has 0 bridgehead atoms. The summed E-state index contributed by atoms with van der Waals surface area (Å²) in [5.74, 6) is 0.292. The molecule has 3 aromatic rings. The predicted molar refractivity (Wildman–Crippen MR) is 101 cm³/mol. The van der Waals surface area contributed by atoms with E-state index in [2.05, 4.69) is 15.5 Å². The van der Waals surface area contributed by atoms with Crippen LogP contribution in [0.3, 0.4) is 0 Å². The van der Waals surface area contributed by atoms with E-state index in [0.717, 1.165) is 10.2 Å². The molecule has 9 nitrogen and oxygen atoms in total. The number of anilines is 1. The minimum atomic E-state index is -0.501. The molecule has 1 aromatic heterocycles. The Balaban J connectivity index is 1.54. The molecule has 1 heterocycles. The van der Waals surface area contributed by atoms with Gasteiger partial charge in [0.15, 0.2) is 11.7 Å². The van der Waals surface area contributed by atoms with Gasteiger partial charge in [0, 0.05) is 17.7 Å². The molecule has 2 aromatic carbocycles. The highest BCUT2D eigenvalue weighted by Gasteiger charge is 2.09. The van der Waals surface area contributed by atoms with E-state index >= 15 is 0 Å². The third-order valence-electron chi connectivity index (χ3n) is 3.39. The fourth-order valence-corrected chi connectivity index (χ4v) is 3.06. The Hall–Kier alpha value is -3.53. The van der Waals surface area contributed by atoms with E-state index in [-0.39, 0.29) is 12.3 Å². The van der Waals surface area contributed by atoms with Crippen molar-refractivity contribution in [3.8, 4) is 5.75 Å². The normalized spacial score (nSPS) is 10.9. The number of nitrogens with zero attached hydrogens (tertiary/aromatic N) is 3. The number of hydrogen-bond acceptors (Lipinski definition) is 8. The molecule has 0 atom stereocenters. The molecule has 0 saturated heterocycles. The molecule has 1 N–H and O–H groups in total. The molecule has 0 aliphatic heterocycles. The number of fused-ring (bicyclic) bond motifs is 1. The summed E-state index contributed by atoms with van der Waals surface area (Å²) in [5, 5.41) is 17.4. The van der Waals surface area contributed by atoms with Gasteiger partial charge in [-0.1, -0.05) is 28.6 Å².